The van der Waals surface area contributed by atoms with E-state index >= 15 is 0 Å². The van der Waals surface area contributed by atoms with Crippen molar-refractivity contribution in [1.82, 2.24) is 4.72 Å². The third-order valence-corrected chi connectivity index (χ3v) is 4.01. The van der Waals surface area contributed by atoms with Gasteiger partial charge < -0.3 is 5.11 Å². The molecule has 0 aliphatic heterocycles. The Hall–Kier alpha value is -0.920. The van der Waals surface area contributed by atoms with Crippen LogP contribution in [0.5, 0.6) is 0 Å². The summed E-state index contributed by atoms with van der Waals surface area (Å²) in [6, 6.07) is 3.49. The summed E-state index contributed by atoms with van der Waals surface area (Å²) in [5.74, 6) is -1.22. The molecule has 1 rings (SSSR count). The zero-order valence-electron chi connectivity index (χ0n) is 9.27. The minimum Gasteiger partial charge on any atom is -0.480 e. The molecule has 5 nitrogen and oxygen atoms in total. The van der Waals surface area contributed by atoms with Crippen molar-refractivity contribution >= 4 is 31.9 Å². The average molecular weight is 322 g/mol. The number of carboxylic acids is 1. The van der Waals surface area contributed by atoms with Crippen molar-refractivity contribution in [3.05, 3.63) is 28.2 Å². The smallest absolute Gasteiger partial charge is 0.321 e. The first-order valence-corrected chi connectivity index (χ1v) is 7.02. The van der Waals surface area contributed by atoms with Crippen molar-refractivity contribution in [2.45, 2.75) is 24.8 Å². The largest absolute Gasteiger partial charge is 0.480 e. The maximum atomic E-state index is 11.9. The summed E-state index contributed by atoms with van der Waals surface area (Å²) in [5, 5.41) is 8.67. The fraction of sp³-hybridized carbons (Fsp3) is 0.300. The molecule has 0 heterocycles. The number of benzene rings is 1. The monoisotopic (exact) mass is 321 g/mol. The number of carboxylic acid groups (broad SMARTS) is 1. The van der Waals surface area contributed by atoms with Crippen LogP contribution in [0.25, 0.3) is 0 Å². The number of carbonyl (C=O) groups is 1. The van der Waals surface area contributed by atoms with Crippen LogP contribution in [0.2, 0.25) is 0 Å². The van der Waals surface area contributed by atoms with E-state index in [2.05, 4.69) is 20.7 Å². The molecule has 0 saturated carbocycles. The normalized spacial score (nSPS) is 13.4. The van der Waals surface area contributed by atoms with Crippen molar-refractivity contribution in [2.75, 3.05) is 0 Å². The summed E-state index contributed by atoms with van der Waals surface area (Å²) in [7, 11) is -3.81. The molecule has 0 aliphatic carbocycles. The Bertz CT molecular complexity index is 521. The molecule has 17 heavy (non-hydrogen) atoms. The lowest BCUT2D eigenvalue weighted by Gasteiger charge is -2.11. The van der Waals surface area contributed by atoms with Gasteiger partial charge in [-0.25, -0.2) is 8.42 Å². The number of aliphatic carboxylic acids is 1. The fourth-order valence-corrected chi connectivity index (χ4v) is 3.29. The van der Waals surface area contributed by atoms with Gasteiger partial charge in [-0.15, -0.1) is 0 Å². The van der Waals surface area contributed by atoms with Crippen molar-refractivity contribution in [1.29, 1.82) is 0 Å². The Morgan fingerprint density at radius 3 is 2.47 bits per heavy atom. The standard InChI is InChI=1S/C10H12BrNO4S/c1-6-3-8(11)5-9(4-6)17(15,16)12-7(2)10(13)14/h3-5,7,12H,1-2H3,(H,13,14)/t7-/m0/s1. The van der Waals surface area contributed by atoms with E-state index < -0.39 is 22.0 Å². The Balaban J connectivity index is 3.09. The number of sulfonamides is 1. The van der Waals surface area contributed by atoms with Gasteiger partial charge in [0.25, 0.3) is 0 Å². The zero-order chi connectivity index (χ0) is 13.2. The number of hydrogen-bond donors (Lipinski definition) is 2. The second kappa shape index (κ2) is 5.16. The number of halogens is 1. The minimum atomic E-state index is -3.81. The second-order valence-corrected chi connectivity index (χ2v) is 6.28. The van der Waals surface area contributed by atoms with Gasteiger partial charge in [0.2, 0.25) is 10.0 Å². The van der Waals surface area contributed by atoms with Crippen LogP contribution in [0.4, 0.5) is 0 Å². The molecule has 0 aromatic heterocycles. The molecule has 0 saturated heterocycles. The highest BCUT2D eigenvalue weighted by atomic mass is 79.9. The third-order valence-electron chi connectivity index (χ3n) is 2.03. The molecule has 0 amide bonds. The quantitative estimate of drug-likeness (QED) is 0.880. The summed E-state index contributed by atoms with van der Waals surface area (Å²) in [6.45, 7) is 3.02. The molecule has 0 spiro atoms. The molecular formula is C10H12BrNO4S. The minimum absolute atomic E-state index is 0.0393. The highest BCUT2D eigenvalue weighted by Crippen LogP contribution is 2.19. The molecule has 1 aromatic carbocycles. The molecule has 0 bridgehead atoms. The molecule has 7 heteroatoms. The first-order valence-electron chi connectivity index (χ1n) is 4.75. The summed E-state index contributed by atoms with van der Waals surface area (Å²) in [4.78, 5) is 10.6. The third kappa shape index (κ3) is 3.79. The molecule has 2 N–H and O–H groups in total. The molecule has 1 aromatic rings. The summed E-state index contributed by atoms with van der Waals surface area (Å²) in [6.07, 6.45) is 0. The zero-order valence-corrected chi connectivity index (χ0v) is 11.7. The Kier molecular flexibility index (Phi) is 4.29. The van der Waals surface area contributed by atoms with Crippen molar-refractivity contribution in [3.63, 3.8) is 0 Å². The van der Waals surface area contributed by atoms with Gasteiger partial charge in [-0.1, -0.05) is 15.9 Å². The molecule has 94 valence electrons. The maximum Gasteiger partial charge on any atom is 0.321 e. The molecule has 0 radical (unpaired) electrons. The summed E-state index contributed by atoms with van der Waals surface area (Å²) < 4.78 is 26.4. The lowest BCUT2D eigenvalue weighted by Crippen LogP contribution is -2.38. The molecular weight excluding hydrogens is 310 g/mol. The van der Waals surface area contributed by atoms with Crippen molar-refractivity contribution in [3.8, 4) is 0 Å². The van der Waals surface area contributed by atoms with Crippen LogP contribution >= 0.6 is 15.9 Å². The highest BCUT2D eigenvalue weighted by molar-refractivity contribution is 9.10. The first-order chi connectivity index (χ1) is 7.72. The van der Waals surface area contributed by atoms with Crippen molar-refractivity contribution in [2.24, 2.45) is 0 Å². The predicted octanol–water partition coefficient (Wildman–Crippen LogP) is 1.51. The van der Waals surface area contributed by atoms with Crippen LogP contribution in [-0.2, 0) is 14.8 Å². The maximum absolute atomic E-state index is 11.9. The van der Waals surface area contributed by atoms with E-state index in [-0.39, 0.29) is 4.90 Å². The second-order valence-electron chi connectivity index (χ2n) is 3.65. The first kappa shape index (κ1) is 14.1. The van der Waals surface area contributed by atoms with Crippen LogP contribution in [0, 0.1) is 6.92 Å². The van der Waals surface area contributed by atoms with Gasteiger partial charge in [0, 0.05) is 4.47 Å². The fourth-order valence-electron chi connectivity index (χ4n) is 1.21. The SMILES string of the molecule is Cc1cc(Br)cc(S(=O)(=O)N[C@@H](C)C(=O)O)c1. The highest BCUT2D eigenvalue weighted by Gasteiger charge is 2.21. The lowest BCUT2D eigenvalue weighted by molar-refractivity contribution is -0.138. The number of aryl methyl sites for hydroxylation is 1. The van der Waals surface area contributed by atoms with E-state index in [0.29, 0.717) is 4.47 Å². The van der Waals surface area contributed by atoms with E-state index in [1.54, 1.807) is 13.0 Å². The Labute approximate surface area is 108 Å². The van der Waals surface area contributed by atoms with E-state index in [1.807, 2.05) is 0 Å². The average Bonchev–Trinajstić information content (AvgIpc) is 2.15. The van der Waals surface area contributed by atoms with Crippen molar-refractivity contribution < 1.29 is 18.3 Å². The van der Waals surface area contributed by atoms with E-state index in [1.165, 1.54) is 19.1 Å². The van der Waals surface area contributed by atoms with E-state index in [9.17, 15) is 13.2 Å². The van der Waals surface area contributed by atoms with Gasteiger partial charge in [0.1, 0.15) is 6.04 Å². The van der Waals surface area contributed by atoms with Gasteiger partial charge in [-0.3, -0.25) is 4.79 Å². The van der Waals surface area contributed by atoms with Crippen LogP contribution < -0.4 is 4.72 Å². The topological polar surface area (TPSA) is 83.5 Å². The molecule has 0 unspecified atom stereocenters. The Morgan fingerprint density at radius 2 is 2.00 bits per heavy atom. The van der Waals surface area contributed by atoms with Gasteiger partial charge >= 0.3 is 5.97 Å². The Morgan fingerprint density at radius 1 is 1.41 bits per heavy atom. The van der Waals surface area contributed by atoms with Gasteiger partial charge in [-0.05, 0) is 37.6 Å². The van der Waals surface area contributed by atoms with Crippen LogP contribution in [-0.4, -0.2) is 25.5 Å². The van der Waals surface area contributed by atoms with Crippen LogP contribution in [0.15, 0.2) is 27.6 Å². The molecule has 0 aliphatic rings. The van der Waals surface area contributed by atoms with E-state index in [4.69, 9.17) is 5.11 Å². The lowest BCUT2D eigenvalue weighted by atomic mass is 10.2. The summed E-state index contributed by atoms with van der Waals surface area (Å²) in [5.41, 5.74) is 0.766. The van der Waals surface area contributed by atoms with Crippen LogP contribution in [0.3, 0.4) is 0 Å². The molecule has 0 fully saturated rings. The van der Waals surface area contributed by atoms with Gasteiger partial charge in [-0.2, -0.15) is 4.72 Å². The predicted molar refractivity (Wildman–Crippen MR) is 66.3 cm³/mol. The van der Waals surface area contributed by atoms with Gasteiger partial charge in [0.15, 0.2) is 0 Å². The number of nitrogens with one attached hydrogen (secondary N) is 1. The number of rotatable bonds is 4. The number of hydrogen-bond acceptors (Lipinski definition) is 3. The van der Waals surface area contributed by atoms with Crippen LogP contribution in [0.1, 0.15) is 12.5 Å². The molecule has 1 atom stereocenters. The van der Waals surface area contributed by atoms with Gasteiger partial charge in [0.05, 0.1) is 4.90 Å². The summed E-state index contributed by atoms with van der Waals surface area (Å²) >= 11 is 3.19. The van der Waals surface area contributed by atoms with E-state index in [0.717, 1.165) is 5.56 Å².